The maximum Gasteiger partial charge on any atom is 0.343 e. The molecule has 0 amide bonds. The first kappa shape index (κ1) is 92.7. The molecule has 0 atom stereocenters. The summed E-state index contributed by atoms with van der Waals surface area (Å²) in [5, 5.41) is 3.43. The van der Waals surface area contributed by atoms with Crippen LogP contribution in [0.5, 0.6) is 0 Å². The predicted octanol–water partition coefficient (Wildman–Crippen LogP) is 20.3. The zero-order chi connectivity index (χ0) is 89.2. The number of hydrogen-bond acceptors (Lipinski definition) is 4. The van der Waals surface area contributed by atoms with E-state index in [1.54, 1.807) is 17.6 Å². The standard InChI is InChI=1S/C21H24N3.C21H27N2.C17H25N2.C15H15N2.2C11H13N2.C5H8NO.C5H8NS/c1-13-9-7-10-14(2)18(13)20-22-17(5)24(6)21(23-20)19-15(3)11-8-12-16(19)4;1-14(2)17-10-9-11-18(15(3)4)21(17)23-16(5)22(6)19-12-7-8-13-20(19)23;1-12(2)15-8-7-9-16(13(3)4)17(15)19-11-10-18(6)14(19)5;1-12-16(2)14-10-6-7-11-15(14)17(12)13-8-4-3-5-9-13;1-10-8-13(9-12(10)2)11-6-4-3-5-7-11;1-10-12(2)8-9-13(10)11-6-4-3-5-7-11;2*1-5-6(2)3-4-7-5/h7-12H,1-6H3;7-15H,1-6H3;7-13H,1-6H3;3-11H,1-2H3;2*3-9H,1-2H3;2*3-4H,1-2H3/q8*+1. The molecule has 9 aromatic carbocycles. The van der Waals surface area contributed by atoms with E-state index in [1.807, 2.05) is 76.1 Å². The third-order valence-corrected chi connectivity index (χ3v) is 24.2. The van der Waals surface area contributed by atoms with E-state index in [9.17, 15) is 0 Å². The highest BCUT2D eigenvalue weighted by molar-refractivity contribution is 7.09. The number of hydrogen-bond donors (Lipinski definition) is 0. The molecule has 123 heavy (non-hydrogen) atoms. The zero-order valence-electron chi connectivity index (χ0n) is 78.3. The lowest BCUT2D eigenvalue weighted by atomic mass is 9.92. The van der Waals surface area contributed by atoms with Crippen molar-refractivity contribution in [2.75, 3.05) is 0 Å². The van der Waals surface area contributed by atoms with Gasteiger partial charge in [0.1, 0.15) is 79.2 Å². The Morgan fingerprint density at radius 1 is 0.374 bits per heavy atom. The highest BCUT2D eigenvalue weighted by atomic mass is 32.1. The van der Waals surface area contributed by atoms with Crippen molar-refractivity contribution in [2.24, 2.45) is 56.4 Å². The quantitative estimate of drug-likeness (QED) is 0.121. The molecule has 0 aliphatic rings. The molecule has 16 nitrogen and oxygen atoms in total. The van der Waals surface area contributed by atoms with Crippen LogP contribution < -0.4 is 36.5 Å². The third-order valence-electron chi connectivity index (χ3n) is 23.3. The highest BCUT2D eigenvalue weighted by Gasteiger charge is 2.29. The number of aryl methyl sites for hydroxylation is 15. The number of aromatic nitrogens is 15. The number of imidazole rings is 5. The number of benzene rings is 9. The van der Waals surface area contributed by atoms with Gasteiger partial charge in [-0.3, -0.25) is 0 Å². The molecule has 0 aliphatic carbocycles. The number of nitrogens with zero attached hydrogens (tertiary/aromatic N) is 15. The summed E-state index contributed by atoms with van der Waals surface area (Å²) in [4.78, 5) is 9.73. The smallest absolute Gasteiger partial charge is 0.343 e. The minimum atomic E-state index is 0.495. The van der Waals surface area contributed by atoms with E-state index >= 15 is 0 Å². The molecule has 8 aromatic heterocycles. The van der Waals surface area contributed by atoms with E-state index in [2.05, 4.69) is 446 Å². The molecular weight excluding hydrogens is 1530 g/mol. The first-order chi connectivity index (χ1) is 58.7. The normalized spacial score (nSPS) is 10.9. The van der Waals surface area contributed by atoms with Crippen LogP contribution in [0.1, 0.15) is 169 Å². The van der Waals surface area contributed by atoms with Crippen molar-refractivity contribution in [3.63, 3.8) is 0 Å². The van der Waals surface area contributed by atoms with Crippen LogP contribution in [0.15, 0.2) is 278 Å². The van der Waals surface area contributed by atoms with Gasteiger partial charge in [-0.25, -0.2) is 36.5 Å². The van der Waals surface area contributed by atoms with Crippen molar-refractivity contribution in [1.29, 1.82) is 0 Å². The Kier molecular flexibility index (Phi) is 31.8. The summed E-state index contributed by atoms with van der Waals surface area (Å²) in [6.07, 6.45) is 18.2. The summed E-state index contributed by atoms with van der Waals surface area (Å²) in [6, 6.07) is 74.4. The van der Waals surface area contributed by atoms with Crippen molar-refractivity contribution in [2.45, 2.75) is 162 Å². The molecule has 17 heteroatoms. The van der Waals surface area contributed by atoms with Gasteiger partial charge in [0.2, 0.25) is 23.4 Å². The Morgan fingerprint density at radius 2 is 0.797 bits per heavy atom. The molecule has 0 fully saturated rings. The van der Waals surface area contributed by atoms with Crippen LogP contribution in [0, 0.1) is 83.1 Å². The van der Waals surface area contributed by atoms with Crippen molar-refractivity contribution < 1.29 is 41.0 Å². The SMILES string of the molecule is Cc1c[n+](-c2ccccc2)cn1C.Cc1cccc(C)c1-c1nc(C)[n+](C)c(-c2c(C)cccc2C)n1.Cc1n(-c2c(C(C)C)cccc2C(C)C)c2ccccc2[n+]1C.Cc1n(-c2c(C(C)C)cccc2C(C)C)cc[n+]1C.Cc1n(-c2ccccc2)c2ccccc2[n+]1C.Cc1n(-c2ccccc2)cc[n+]1C.Cc1occ[n+]1C.Cc1scc[n+]1C. The van der Waals surface area contributed by atoms with Gasteiger partial charge in [0.25, 0.3) is 29.1 Å². The average Bonchev–Trinajstić information content (AvgIpc) is 1.65. The number of fused-ring (bicyclic) bond motifs is 2. The molecule has 8 heterocycles. The van der Waals surface area contributed by atoms with Gasteiger partial charge in [0.15, 0.2) is 34.5 Å². The minimum Gasteiger partial charge on any atom is -0.410 e. The van der Waals surface area contributed by atoms with Crippen LogP contribution in [0.4, 0.5) is 0 Å². The van der Waals surface area contributed by atoms with E-state index < -0.39 is 0 Å². The Hall–Kier alpha value is -12.6. The van der Waals surface area contributed by atoms with Crippen LogP contribution in [-0.4, -0.2) is 32.8 Å². The van der Waals surface area contributed by atoms with Gasteiger partial charge >= 0.3 is 11.7 Å². The summed E-state index contributed by atoms with van der Waals surface area (Å²) in [5.74, 6) is 10.7. The monoisotopic (exact) mass is 1660 g/mol. The Bertz CT molecular complexity index is 6160. The summed E-state index contributed by atoms with van der Waals surface area (Å²) in [5.41, 5.74) is 25.5. The molecule has 0 radical (unpaired) electrons. The molecule has 0 N–H and O–H groups in total. The molecule has 636 valence electrons. The molecule has 0 bridgehead atoms. The van der Waals surface area contributed by atoms with Crippen LogP contribution in [0.3, 0.4) is 0 Å². The molecule has 0 aliphatic heterocycles. The van der Waals surface area contributed by atoms with E-state index in [0.29, 0.717) is 23.7 Å². The third kappa shape index (κ3) is 22.0. The van der Waals surface area contributed by atoms with Crippen LogP contribution in [-0.2, 0) is 56.4 Å². The summed E-state index contributed by atoms with van der Waals surface area (Å²) < 4.78 is 33.3. The maximum absolute atomic E-state index is 4.97. The lowest BCUT2D eigenvalue weighted by Gasteiger charge is -2.17. The van der Waals surface area contributed by atoms with Crippen LogP contribution in [0.2, 0.25) is 0 Å². The highest BCUT2D eigenvalue weighted by Crippen LogP contribution is 2.36. The zero-order valence-corrected chi connectivity index (χ0v) is 79.1. The number of thiazole rings is 1. The molecule has 0 saturated carbocycles. The topological polar surface area (TPSA) is 94.6 Å². The second-order valence-corrected chi connectivity index (χ2v) is 34.3. The first-order valence-corrected chi connectivity index (χ1v) is 43.7. The van der Waals surface area contributed by atoms with E-state index in [0.717, 1.165) is 28.9 Å². The Balaban J connectivity index is 0.000000151. The minimum absolute atomic E-state index is 0.495. The molecule has 0 spiro atoms. The maximum atomic E-state index is 4.97. The van der Waals surface area contributed by atoms with Gasteiger partial charge in [-0.15, -0.1) is 0 Å². The summed E-state index contributed by atoms with van der Waals surface area (Å²) in [6.45, 7) is 43.5. The Morgan fingerprint density at radius 3 is 1.20 bits per heavy atom. The number of para-hydroxylation sites is 9. The molecular formula is C106H133N15OS+8. The fraction of sp³-hybridized carbons (Fsp3) is 0.302. The lowest BCUT2D eigenvalue weighted by molar-refractivity contribution is -0.681. The Labute approximate surface area is 736 Å². The molecule has 0 saturated heterocycles. The number of oxazole rings is 1. The first-order valence-electron chi connectivity index (χ1n) is 42.9. The largest absolute Gasteiger partial charge is 0.410 e. The van der Waals surface area contributed by atoms with E-state index in [4.69, 9.17) is 14.4 Å². The van der Waals surface area contributed by atoms with Crippen molar-refractivity contribution in [3.05, 3.63) is 364 Å². The van der Waals surface area contributed by atoms with Crippen LogP contribution >= 0.6 is 11.3 Å². The molecule has 0 unspecified atom stereocenters. The predicted molar refractivity (Wildman–Crippen MR) is 502 cm³/mol. The van der Waals surface area contributed by atoms with Crippen molar-refractivity contribution in [3.8, 4) is 51.2 Å². The fourth-order valence-electron chi connectivity index (χ4n) is 15.2. The lowest BCUT2D eigenvalue weighted by Crippen LogP contribution is -2.38. The van der Waals surface area contributed by atoms with E-state index in [1.165, 1.54) is 135 Å². The number of rotatable bonds is 11. The van der Waals surface area contributed by atoms with Crippen LogP contribution in [0.25, 0.3) is 73.3 Å². The van der Waals surface area contributed by atoms with E-state index in [-0.39, 0.29) is 0 Å². The van der Waals surface area contributed by atoms with Crippen molar-refractivity contribution in [1.82, 2.24) is 32.8 Å². The van der Waals surface area contributed by atoms with Gasteiger partial charge < -0.3 is 4.42 Å². The second-order valence-electron chi connectivity index (χ2n) is 33.2. The average molecular weight is 1670 g/mol. The molecule has 17 aromatic rings. The molecule has 17 rings (SSSR count). The van der Waals surface area contributed by atoms with Gasteiger partial charge in [0, 0.05) is 70.7 Å². The fourth-order valence-corrected chi connectivity index (χ4v) is 15.9. The summed E-state index contributed by atoms with van der Waals surface area (Å²) in [7, 11) is 16.5. The van der Waals surface area contributed by atoms with Gasteiger partial charge in [-0.1, -0.05) is 228 Å². The second kappa shape index (κ2) is 42.3. The van der Waals surface area contributed by atoms with Gasteiger partial charge in [-0.05, 0) is 134 Å². The summed E-state index contributed by atoms with van der Waals surface area (Å²) >= 11 is 1.77. The van der Waals surface area contributed by atoms with Gasteiger partial charge in [0.05, 0.1) is 65.7 Å². The van der Waals surface area contributed by atoms with Crippen molar-refractivity contribution >= 4 is 33.4 Å². The van der Waals surface area contributed by atoms with Gasteiger partial charge in [-0.2, -0.15) is 22.8 Å².